The van der Waals surface area contributed by atoms with Crippen LogP contribution in [0, 0.1) is 0 Å². The van der Waals surface area contributed by atoms with E-state index in [0.717, 1.165) is 12.9 Å². The summed E-state index contributed by atoms with van der Waals surface area (Å²) < 4.78 is 31.0. The molecule has 0 saturated heterocycles. The predicted octanol–water partition coefficient (Wildman–Crippen LogP) is -1.48. The van der Waals surface area contributed by atoms with E-state index in [1.54, 1.807) is 0 Å². The molecular formula is C4H12O5S2. The van der Waals surface area contributed by atoms with Crippen LogP contribution in [0.2, 0.25) is 0 Å². The number of hydrogen-bond acceptors (Lipinski definition) is 5. The average molecular weight is 204 g/mol. The molecule has 70 valence electrons. The fraction of sp³-hybridized carbons (Fsp3) is 1.00. The summed E-state index contributed by atoms with van der Waals surface area (Å²) in [6.45, 7) is 0.331. The Balaban J connectivity index is 0. The van der Waals surface area contributed by atoms with Crippen molar-refractivity contribution in [2.45, 2.75) is 0 Å². The fourth-order valence-electron chi connectivity index (χ4n) is 0.1000. The standard InChI is InChI=1S/C3H8OS.CH4O4S/c1-5-3-2-4;1-5-6(2,3)4/h4H,2-3H2,1H3;1H3,(H,2,3,4). The Labute approximate surface area is 70.7 Å². The van der Waals surface area contributed by atoms with Crippen LogP contribution in [0.4, 0.5) is 0 Å². The first kappa shape index (κ1) is 13.7. The fourth-order valence-corrected chi connectivity index (χ4v) is 0.300. The van der Waals surface area contributed by atoms with E-state index >= 15 is 0 Å². The Morgan fingerprint density at radius 2 is 2.00 bits per heavy atom. The van der Waals surface area contributed by atoms with E-state index in [-0.39, 0.29) is 0 Å². The maximum Gasteiger partial charge on any atom is 0.217 e. The lowest BCUT2D eigenvalue weighted by molar-refractivity contribution is 0.314. The van der Waals surface area contributed by atoms with Crippen molar-refractivity contribution in [3.63, 3.8) is 0 Å². The van der Waals surface area contributed by atoms with Gasteiger partial charge in [0.2, 0.25) is 10.4 Å². The van der Waals surface area contributed by atoms with Gasteiger partial charge >= 0.3 is 0 Å². The van der Waals surface area contributed by atoms with Crippen LogP contribution in [-0.2, 0) is 26.3 Å². The van der Waals surface area contributed by atoms with E-state index in [1.165, 1.54) is 11.8 Å². The van der Waals surface area contributed by atoms with Crippen molar-refractivity contribution in [1.82, 2.24) is 0 Å². The Morgan fingerprint density at radius 1 is 1.64 bits per heavy atom. The summed E-state index contributed by atoms with van der Waals surface area (Å²) in [5.41, 5.74) is 0. The van der Waals surface area contributed by atoms with E-state index < -0.39 is 10.4 Å². The van der Waals surface area contributed by atoms with Crippen molar-refractivity contribution in [2.24, 2.45) is 0 Å². The highest BCUT2D eigenvalue weighted by atomic mass is 32.3. The normalized spacial score (nSPS) is 10.2. The van der Waals surface area contributed by atoms with Crippen LogP contribution in [-0.4, -0.2) is 43.8 Å². The average Bonchev–Trinajstić information content (AvgIpc) is 1.90. The molecule has 11 heavy (non-hydrogen) atoms. The van der Waals surface area contributed by atoms with Crippen LogP contribution in [0.25, 0.3) is 0 Å². The van der Waals surface area contributed by atoms with Gasteiger partial charge in [-0.1, -0.05) is 0 Å². The molecule has 0 saturated carbocycles. The highest BCUT2D eigenvalue weighted by Gasteiger charge is 1.79. The molecule has 0 aliphatic rings. The molecule has 0 amide bonds. The molecule has 0 radical (unpaired) electrons. The van der Waals surface area contributed by atoms with E-state index in [4.69, 9.17) is 5.11 Å². The maximum absolute atomic E-state index is 9.22. The SMILES string of the molecule is COS(=O)(=O)[O-].C[SH+]CCO. The molecular weight excluding hydrogens is 192 g/mol. The van der Waals surface area contributed by atoms with E-state index in [0.29, 0.717) is 6.61 Å². The van der Waals surface area contributed by atoms with Crippen molar-refractivity contribution >= 4 is 22.2 Å². The van der Waals surface area contributed by atoms with E-state index in [2.05, 4.69) is 4.18 Å². The third kappa shape index (κ3) is 25.4. The molecule has 5 nitrogen and oxygen atoms in total. The van der Waals surface area contributed by atoms with Crippen LogP contribution in [0.1, 0.15) is 0 Å². The van der Waals surface area contributed by atoms with Crippen LogP contribution in [0.3, 0.4) is 0 Å². The van der Waals surface area contributed by atoms with Gasteiger partial charge in [0.15, 0.2) is 0 Å². The maximum atomic E-state index is 9.22. The van der Waals surface area contributed by atoms with E-state index in [1.807, 2.05) is 6.26 Å². The smallest absolute Gasteiger partial charge is 0.217 e. The van der Waals surface area contributed by atoms with Gasteiger partial charge < -0.3 is 9.66 Å². The van der Waals surface area contributed by atoms with Gasteiger partial charge in [0, 0.05) is 0 Å². The number of aliphatic hydroxyl groups is 1. The first-order valence-corrected chi connectivity index (χ1v) is 5.51. The quantitative estimate of drug-likeness (QED) is 0.262. The van der Waals surface area contributed by atoms with Crippen LogP contribution >= 0.6 is 0 Å². The molecule has 0 aromatic heterocycles. The highest BCUT2D eigenvalue weighted by molar-refractivity contribution is 7.80. The molecule has 0 atom stereocenters. The molecule has 0 rings (SSSR count). The summed E-state index contributed by atoms with van der Waals surface area (Å²) in [5.74, 6) is 0.917. The number of thiol groups is 1. The van der Waals surface area contributed by atoms with Crippen molar-refractivity contribution in [1.29, 1.82) is 0 Å². The molecule has 0 aliphatic carbocycles. The second-order valence-electron chi connectivity index (χ2n) is 1.34. The largest absolute Gasteiger partial charge is 0.726 e. The van der Waals surface area contributed by atoms with Gasteiger partial charge in [-0.3, -0.25) is 4.18 Å². The second-order valence-corrected chi connectivity index (χ2v) is 3.57. The van der Waals surface area contributed by atoms with Gasteiger partial charge in [-0.2, -0.15) is 0 Å². The minimum Gasteiger partial charge on any atom is -0.726 e. The Morgan fingerprint density at radius 3 is 2.00 bits per heavy atom. The molecule has 0 bridgehead atoms. The minimum absolute atomic E-state index is 0.331. The topological polar surface area (TPSA) is 86.7 Å². The van der Waals surface area contributed by atoms with Gasteiger partial charge in [-0.25, -0.2) is 8.42 Å². The molecule has 0 aromatic carbocycles. The third-order valence-electron chi connectivity index (χ3n) is 0.528. The Kier molecular flexibility index (Phi) is 10.3. The number of hydrogen-bond donors (Lipinski definition) is 1. The predicted molar refractivity (Wildman–Crippen MR) is 43.3 cm³/mol. The third-order valence-corrected chi connectivity index (χ3v) is 1.58. The lowest BCUT2D eigenvalue weighted by Crippen LogP contribution is -1.97. The highest BCUT2D eigenvalue weighted by Crippen LogP contribution is 1.74. The molecule has 1 N–H and O–H groups in total. The van der Waals surface area contributed by atoms with Crippen molar-refractivity contribution in [3.05, 3.63) is 0 Å². The van der Waals surface area contributed by atoms with Crippen LogP contribution in [0.5, 0.6) is 0 Å². The molecule has 0 aliphatic heterocycles. The zero-order valence-corrected chi connectivity index (χ0v) is 8.06. The zero-order valence-electron chi connectivity index (χ0n) is 6.35. The van der Waals surface area contributed by atoms with Gasteiger partial charge in [-0.05, 0) is 11.8 Å². The first-order chi connectivity index (χ1) is 4.97. The monoisotopic (exact) mass is 204 g/mol. The summed E-state index contributed by atoms with van der Waals surface area (Å²) in [5, 5.41) is 8.06. The van der Waals surface area contributed by atoms with Gasteiger partial charge in [0.25, 0.3) is 0 Å². The second kappa shape index (κ2) is 8.28. The van der Waals surface area contributed by atoms with E-state index in [9.17, 15) is 13.0 Å². The van der Waals surface area contributed by atoms with Gasteiger partial charge in [0.05, 0.1) is 20.0 Å². The van der Waals surface area contributed by atoms with Crippen LogP contribution < -0.4 is 0 Å². The molecule has 0 fully saturated rings. The zero-order chi connectivity index (χ0) is 9.33. The summed E-state index contributed by atoms with van der Waals surface area (Å²) in [6, 6.07) is 0. The molecule has 0 unspecified atom stereocenters. The van der Waals surface area contributed by atoms with Gasteiger partial charge in [0.1, 0.15) is 5.75 Å². The number of aliphatic hydroxyl groups excluding tert-OH is 1. The Bertz CT molecular complexity index is 150. The lowest BCUT2D eigenvalue weighted by atomic mass is 10.9. The van der Waals surface area contributed by atoms with Crippen molar-refractivity contribution < 1.29 is 22.3 Å². The van der Waals surface area contributed by atoms with Crippen molar-refractivity contribution in [3.8, 4) is 0 Å². The summed E-state index contributed by atoms with van der Waals surface area (Å²) in [4.78, 5) is 0. The van der Waals surface area contributed by atoms with Gasteiger partial charge in [-0.15, -0.1) is 0 Å². The summed E-state index contributed by atoms with van der Waals surface area (Å²) >= 11 is 1.28. The lowest BCUT2D eigenvalue weighted by Gasteiger charge is -1.98. The molecule has 0 aromatic rings. The minimum atomic E-state index is -4.41. The first-order valence-electron chi connectivity index (χ1n) is 2.65. The van der Waals surface area contributed by atoms with Crippen molar-refractivity contribution in [2.75, 3.05) is 25.7 Å². The molecule has 0 spiro atoms. The molecule has 0 heterocycles. The number of rotatable bonds is 3. The molecule has 7 heteroatoms. The summed E-state index contributed by atoms with van der Waals surface area (Å²) in [6.07, 6.45) is 2.02. The Hall–Kier alpha value is 0.180. The summed E-state index contributed by atoms with van der Waals surface area (Å²) in [7, 11) is -3.60. The van der Waals surface area contributed by atoms with Crippen LogP contribution in [0.15, 0.2) is 0 Å².